The number of nitrogens with one attached hydrogen (secondary N) is 1. The number of rotatable bonds is 6. The van der Waals surface area contributed by atoms with E-state index >= 15 is 0 Å². The zero-order valence-electron chi connectivity index (χ0n) is 17.9. The Hall–Kier alpha value is -4.78. The van der Waals surface area contributed by atoms with Crippen molar-refractivity contribution in [3.05, 3.63) is 90.8 Å². The Labute approximate surface area is 198 Å². The van der Waals surface area contributed by atoms with Gasteiger partial charge in [0, 0.05) is 16.8 Å². The number of ether oxygens (including phenoxy) is 2. The second kappa shape index (κ2) is 10.0. The molecule has 0 aliphatic heterocycles. The lowest BCUT2D eigenvalue weighted by molar-refractivity contribution is -0.274. The summed E-state index contributed by atoms with van der Waals surface area (Å²) in [7, 11) is 0. The van der Waals surface area contributed by atoms with Crippen LogP contribution >= 0.6 is 0 Å². The van der Waals surface area contributed by atoms with E-state index < -0.39 is 18.6 Å². The van der Waals surface area contributed by atoms with Gasteiger partial charge in [0.05, 0.1) is 5.69 Å². The maximum Gasteiger partial charge on any atom is 0.573 e. The lowest BCUT2D eigenvalue weighted by atomic mass is 10.1. The van der Waals surface area contributed by atoms with Crippen LogP contribution in [-0.4, -0.2) is 27.2 Å². The number of carbonyl (C=O) groups is 1. The first-order chi connectivity index (χ1) is 16.8. The summed E-state index contributed by atoms with van der Waals surface area (Å²) in [5, 5.41) is 6.95. The Morgan fingerprint density at radius 1 is 1.00 bits per heavy atom. The number of aromatic nitrogens is 3. The van der Waals surface area contributed by atoms with Crippen LogP contribution in [0.1, 0.15) is 11.7 Å². The molecule has 4 rings (SSSR count). The van der Waals surface area contributed by atoms with Crippen molar-refractivity contribution in [2.24, 2.45) is 0 Å². The molecule has 0 fully saturated rings. The Kier molecular flexibility index (Phi) is 6.69. The first-order valence-corrected chi connectivity index (χ1v) is 10.2. The summed E-state index contributed by atoms with van der Waals surface area (Å²) in [6, 6.07) is 20.9. The molecule has 4 aromatic rings. The Morgan fingerprint density at radius 2 is 1.69 bits per heavy atom. The minimum absolute atomic E-state index is 0.333. The van der Waals surface area contributed by atoms with Crippen LogP contribution < -0.4 is 10.1 Å². The monoisotopic (exact) mass is 478 g/mol. The molecule has 0 aliphatic rings. The van der Waals surface area contributed by atoms with Crippen LogP contribution in [-0.2, 0) is 4.74 Å². The molecule has 176 valence electrons. The van der Waals surface area contributed by atoms with Crippen molar-refractivity contribution in [1.29, 1.82) is 0 Å². The van der Waals surface area contributed by atoms with Crippen LogP contribution in [0.5, 0.6) is 5.75 Å². The van der Waals surface area contributed by atoms with Gasteiger partial charge in [-0.1, -0.05) is 36.3 Å². The van der Waals surface area contributed by atoms with Gasteiger partial charge < -0.3 is 9.47 Å². The predicted octanol–water partition coefficient (Wildman–Crippen LogP) is 5.76. The van der Waals surface area contributed by atoms with E-state index in [1.54, 1.807) is 48.5 Å². The van der Waals surface area contributed by atoms with E-state index in [1.165, 1.54) is 35.3 Å². The van der Waals surface area contributed by atoms with Crippen molar-refractivity contribution in [3.63, 3.8) is 0 Å². The second-order valence-corrected chi connectivity index (χ2v) is 7.12. The van der Waals surface area contributed by atoms with Crippen LogP contribution in [0.15, 0.2) is 85.2 Å². The molecule has 0 radical (unpaired) electrons. The molecular weight excluding hydrogens is 461 g/mol. The highest BCUT2D eigenvalue weighted by molar-refractivity contribution is 5.85. The fourth-order valence-electron chi connectivity index (χ4n) is 3.10. The van der Waals surface area contributed by atoms with E-state index in [4.69, 9.17) is 11.2 Å². The molecule has 1 heterocycles. The standard InChI is InChI=1S/C25H17F3N4O3/c1-2-22(17-6-4-3-5-7-17)34-24(33)30-19-10-8-18(9-11-19)23-29-16-32(31-23)20-12-14-21(15-13-20)35-25(26,27)28/h1,3-16,22H,(H,30,33). The molecule has 1 unspecified atom stereocenters. The number of hydrogen-bond acceptors (Lipinski definition) is 5. The average Bonchev–Trinajstić information content (AvgIpc) is 3.33. The van der Waals surface area contributed by atoms with Gasteiger partial charge >= 0.3 is 12.5 Å². The quantitative estimate of drug-likeness (QED) is 0.357. The van der Waals surface area contributed by atoms with Crippen LogP contribution in [0.2, 0.25) is 0 Å². The number of carbonyl (C=O) groups excluding carboxylic acids is 1. The van der Waals surface area contributed by atoms with Crippen molar-refractivity contribution in [1.82, 2.24) is 14.8 Å². The topological polar surface area (TPSA) is 78.3 Å². The van der Waals surface area contributed by atoms with Crippen molar-refractivity contribution in [2.75, 3.05) is 5.32 Å². The molecule has 1 N–H and O–H groups in total. The summed E-state index contributed by atoms with van der Waals surface area (Å²) in [6.45, 7) is 0. The molecule has 35 heavy (non-hydrogen) atoms. The summed E-state index contributed by atoms with van der Waals surface area (Å²) in [6.07, 6.45) is 0.632. The third-order valence-corrected chi connectivity index (χ3v) is 4.69. The molecule has 0 saturated carbocycles. The molecule has 0 saturated heterocycles. The van der Waals surface area contributed by atoms with Crippen LogP contribution in [0.3, 0.4) is 0 Å². The molecule has 1 aromatic heterocycles. The Morgan fingerprint density at radius 3 is 2.31 bits per heavy atom. The van der Waals surface area contributed by atoms with Crippen LogP contribution in [0.25, 0.3) is 17.1 Å². The lowest BCUT2D eigenvalue weighted by Crippen LogP contribution is -2.17. The number of benzene rings is 3. The van der Waals surface area contributed by atoms with E-state index in [1.807, 2.05) is 6.07 Å². The zero-order chi connectivity index (χ0) is 24.8. The minimum atomic E-state index is -4.76. The van der Waals surface area contributed by atoms with Crippen molar-refractivity contribution in [2.45, 2.75) is 12.5 Å². The van der Waals surface area contributed by atoms with Gasteiger partial charge in [-0.25, -0.2) is 14.5 Å². The van der Waals surface area contributed by atoms with Gasteiger partial charge in [0.2, 0.25) is 0 Å². The Bertz CT molecular complexity index is 1330. The normalized spacial score (nSPS) is 11.8. The summed E-state index contributed by atoms with van der Waals surface area (Å²) in [4.78, 5) is 16.5. The van der Waals surface area contributed by atoms with Crippen molar-refractivity contribution in [3.8, 4) is 35.2 Å². The summed E-state index contributed by atoms with van der Waals surface area (Å²) < 4.78 is 47.5. The fourth-order valence-corrected chi connectivity index (χ4v) is 3.10. The number of nitrogens with zero attached hydrogens (tertiary/aromatic N) is 3. The second-order valence-electron chi connectivity index (χ2n) is 7.12. The van der Waals surface area contributed by atoms with Gasteiger partial charge in [-0.2, -0.15) is 0 Å². The smallest absolute Gasteiger partial charge is 0.428 e. The van der Waals surface area contributed by atoms with Crippen LogP contribution in [0.4, 0.5) is 23.7 Å². The molecule has 0 aliphatic carbocycles. The number of alkyl halides is 3. The maximum atomic E-state index is 12.3. The highest BCUT2D eigenvalue weighted by atomic mass is 19.4. The number of halogens is 3. The van der Waals surface area contributed by atoms with Gasteiger partial charge in [-0.15, -0.1) is 24.7 Å². The highest BCUT2D eigenvalue weighted by Crippen LogP contribution is 2.24. The van der Waals surface area contributed by atoms with Gasteiger partial charge in [-0.05, 0) is 48.5 Å². The number of terminal acetylenes is 1. The Balaban J connectivity index is 1.39. The van der Waals surface area contributed by atoms with Gasteiger partial charge in [0.25, 0.3) is 0 Å². The number of amides is 1. The lowest BCUT2D eigenvalue weighted by Gasteiger charge is -2.13. The largest absolute Gasteiger partial charge is 0.573 e. The molecule has 0 bridgehead atoms. The third kappa shape index (κ3) is 6.17. The van der Waals surface area contributed by atoms with E-state index in [2.05, 4.69) is 26.1 Å². The molecule has 0 spiro atoms. The SMILES string of the molecule is C#CC(OC(=O)Nc1ccc(-c2ncn(-c3ccc(OC(F)(F)F)cc3)n2)cc1)c1ccccc1. The van der Waals surface area contributed by atoms with Crippen LogP contribution in [0, 0.1) is 12.3 Å². The van der Waals surface area contributed by atoms with E-state index in [0.29, 0.717) is 28.3 Å². The summed E-state index contributed by atoms with van der Waals surface area (Å²) >= 11 is 0. The molecule has 3 aromatic carbocycles. The van der Waals surface area contributed by atoms with Gasteiger partial charge in [0.1, 0.15) is 12.1 Å². The van der Waals surface area contributed by atoms with Crippen molar-refractivity contribution >= 4 is 11.8 Å². The maximum absolute atomic E-state index is 12.3. The number of hydrogen-bond donors (Lipinski definition) is 1. The van der Waals surface area contributed by atoms with E-state index in [-0.39, 0.29) is 5.75 Å². The molecule has 7 nitrogen and oxygen atoms in total. The third-order valence-electron chi connectivity index (χ3n) is 4.69. The van der Waals surface area contributed by atoms with Gasteiger partial charge in [0.15, 0.2) is 11.9 Å². The molecule has 10 heteroatoms. The fraction of sp³-hybridized carbons (Fsp3) is 0.0800. The van der Waals surface area contributed by atoms with Crippen molar-refractivity contribution < 1.29 is 27.4 Å². The molecule has 1 amide bonds. The first-order valence-electron chi connectivity index (χ1n) is 10.2. The predicted molar refractivity (Wildman–Crippen MR) is 122 cm³/mol. The molecular formula is C25H17F3N4O3. The number of anilines is 1. The average molecular weight is 478 g/mol. The summed E-state index contributed by atoms with van der Waals surface area (Å²) in [5.41, 5.74) is 2.32. The summed E-state index contributed by atoms with van der Waals surface area (Å²) in [5.74, 6) is 2.48. The minimum Gasteiger partial charge on any atom is -0.428 e. The molecule has 1 atom stereocenters. The highest BCUT2D eigenvalue weighted by Gasteiger charge is 2.31. The van der Waals surface area contributed by atoms with E-state index in [0.717, 1.165) is 0 Å². The first kappa shape index (κ1) is 23.4. The zero-order valence-corrected chi connectivity index (χ0v) is 17.9. The van der Waals surface area contributed by atoms with Gasteiger partial charge in [-0.3, -0.25) is 5.32 Å². The van der Waals surface area contributed by atoms with E-state index in [9.17, 15) is 18.0 Å².